The highest BCUT2D eigenvalue weighted by molar-refractivity contribution is 9.10. The number of rotatable bonds is 5. The molecule has 0 saturated carbocycles. The zero-order valence-corrected chi connectivity index (χ0v) is 11.9. The maximum Gasteiger partial charge on any atom is 0.0599 e. The fourth-order valence-electron chi connectivity index (χ4n) is 1.29. The summed E-state index contributed by atoms with van der Waals surface area (Å²) in [6.07, 6.45) is 0. The maximum atomic E-state index is 3.52. The van der Waals surface area contributed by atoms with Gasteiger partial charge in [-0.15, -0.1) is 23.1 Å². The number of hydrogen-bond donors (Lipinski definition) is 1. The lowest BCUT2D eigenvalue weighted by Crippen LogP contribution is -2.03. The lowest BCUT2D eigenvalue weighted by molar-refractivity contribution is 1.22. The lowest BCUT2D eigenvalue weighted by Gasteiger charge is -2.07. The molecular weight excluding hydrogens is 302 g/mol. The van der Waals surface area contributed by atoms with Crippen molar-refractivity contribution in [3.63, 3.8) is 0 Å². The Balaban J connectivity index is 1.74. The molecular formula is C12H12BrNS2. The van der Waals surface area contributed by atoms with Crippen LogP contribution in [0.25, 0.3) is 0 Å². The first-order valence-corrected chi connectivity index (χ1v) is 7.67. The van der Waals surface area contributed by atoms with E-state index in [4.69, 9.17) is 0 Å². The van der Waals surface area contributed by atoms with Gasteiger partial charge in [0.25, 0.3) is 0 Å². The molecule has 1 nitrogen and oxygen atoms in total. The summed E-state index contributed by atoms with van der Waals surface area (Å²) in [6, 6.07) is 12.5. The number of nitrogens with one attached hydrogen (secondary N) is 1. The van der Waals surface area contributed by atoms with Gasteiger partial charge in [-0.2, -0.15) is 0 Å². The maximum absolute atomic E-state index is 3.52. The van der Waals surface area contributed by atoms with Crippen LogP contribution < -0.4 is 5.32 Å². The van der Waals surface area contributed by atoms with Crippen LogP contribution >= 0.6 is 39.0 Å². The van der Waals surface area contributed by atoms with E-state index in [1.165, 1.54) is 4.21 Å². The molecule has 0 bridgehead atoms. The fraction of sp³-hybridized carbons (Fsp3) is 0.167. The molecule has 1 aromatic heterocycles. The molecule has 0 aliphatic carbocycles. The predicted octanol–water partition coefficient (Wildman–Crippen LogP) is 4.71. The molecule has 0 fully saturated rings. The molecule has 0 saturated heterocycles. The summed E-state index contributed by atoms with van der Waals surface area (Å²) in [6.45, 7) is 0.977. The summed E-state index contributed by atoms with van der Waals surface area (Å²) in [4.78, 5) is 0. The van der Waals surface area contributed by atoms with Gasteiger partial charge in [0, 0.05) is 22.5 Å². The van der Waals surface area contributed by atoms with E-state index in [0.29, 0.717) is 0 Å². The molecule has 16 heavy (non-hydrogen) atoms. The fourth-order valence-corrected chi connectivity index (χ4v) is 3.43. The van der Waals surface area contributed by atoms with Gasteiger partial charge >= 0.3 is 0 Å². The number of hydrogen-bond acceptors (Lipinski definition) is 3. The van der Waals surface area contributed by atoms with Crippen molar-refractivity contribution >= 4 is 44.7 Å². The van der Waals surface area contributed by atoms with Crippen molar-refractivity contribution in [2.24, 2.45) is 0 Å². The second-order valence-electron chi connectivity index (χ2n) is 3.19. The van der Waals surface area contributed by atoms with Crippen molar-refractivity contribution in [1.82, 2.24) is 0 Å². The van der Waals surface area contributed by atoms with Crippen molar-refractivity contribution < 1.29 is 0 Å². The summed E-state index contributed by atoms with van der Waals surface area (Å²) in [5, 5.41) is 5.53. The van der Waals surface area contributed by atoms with Gasteiger partial charge in [0.1, 0.15) is 0 Å². The average Bonchev–Trinajstić information content (AvgIpc) is 2.79. The summed E-state index contributed by atoms with van der Waals surface area (Å²) in [7, 11) is 0. The quantitative estimate of drug-likeness (QED) is 0.633. The standard InChI is InChI=1S/C12H12BrNS2/c13-10-4-1-2-5-11(10)14-7-9-16-12-6-3-8-15-12/h1-6,8,14H,7,9H2. The molecule has 84 valence electrons. The van der Waals surface area contributed by atoms with E-state index in [-0.39, 0.29) is 0 Å². The molecule has 1 aromatic carbocycles. The minimum Gasteiger partial charge on any atom is -0.383 e. The molecule has 0 unspecified atom stereocenters. The SMILES string of the molecule is Brc1ccccc1NCCSc1cccs1. The Morgan fingerprint density at radius 1 is 1.19 bits per heavy atom. The number of anilines is 1. The van der Waals surface area contributed by atoms with Crippen LogP contribution in [0.15, 0.2) is 50.5 Å². The van der Waals surface area contributed by atoms with E-state index in [1.807, 2.05) is 23.9 Å². The van der Waals surface area contributed by atoms with E-state index in [2.05, 4.69) is 50.9 Å². The summed E-state index contributed by atoms with van der Waals surface area (Å²) in [5.74, 6) is 1.09. The molecule has 2 rings (SSSR count). The van der Waals surface area contributed by atoms with E-state index in [1.54, 1.807) is 11.3 Å². The number of para-hydroxylation sites is 1. The Bertz CT molecular complexity index is 428. The normalized spacial score (nSPS) is 10.3. The Kier molecular flexibility index (Phi) is 4.75. The first-order chi connectivity index (χ1) is 7.86. The Hall–Kier alpha value is -0.450. The third-order valence-electron chi connectivity index (χ3n) is 2.03. The third-order valence-corrected chi connectivity index (χ3v) is 4.85. The van der Waals surface area contributed by atoms with Gasteiger partial charge in [-0.05, 0) is 39.5 Å². The highest BCUT2D eigenvalue weighted by Gasteiger charge is 1.97. The Morgan fingerprint density at radius 2 is 2.06 bits per heavy atom. The van der Waals surface area contributed by atoms with Gasteiger partial charge in [0.05, 0.1) is 4.21 Å². The summed E-state index contributed by atoms with van der Waals surface area (Å²) in [5.41, 5.74) is 1.16. The Labute approximate surface area is 112 Å². The van der Waals surface area contributed by atoms with Crippen LogP contribution in [0.4, 0.5) is 5.69 Å². The third kappa shape index (κ3) is 3.54. The monoisotopic (exact) mass is 313 g/mol. The number of benzene rings is 1. The van der Waals surface area contributed by atoms with Crippen LogP contribution in [0.1, 0.15) is 0 Å². The van der Waals surface area contributed by atoms with Crippen molar-refractivity contribution in [1.29, 1.82) is 0 Å². The Morgan fingerprint density at radius 3 is 2.81 bits per heavy atom. The van der Waals surface area contributed by atoms with E-state index < -0.39 is 0 Å². The van der Waals surface area contributed by atoms with Gasteiger partial charge in [0.2, 0.25) is 0 Å². The number of thiophene rings is 1. The summed E-state index contributed by atoms with van der Waals surface area (Å²) < 4.78 is 2.50. The van der Waals surface area contributed by atoms with Gasteiger partial charge in [-0.25, -0.2) is 0 Å². The minimum atomic E-state index is 0.977. The van der Waals surface area contributed by atoms with Crippen molar-refractivity contribution in [2.45, 2.75) is 4.21 Å². The molecule has 0 aliphatic rings. The second-order valence-corrected chi connectivity index (χ2v) is 6.38. The molecule has 2 aromatic rings. The smallest absolute Gasteiger partial charge is 0.0599 e. The van der Waals surface area contributed by atoms with Crippen LogP contribution in [0.2, 0.25) is 0 Å². The molecule has 0 radical (unpaired) electrons. The van der Waals surface area contributed by atoms with E-state index in [0.717, 1.165) is 22.5 Å². The average molecular weight is 314 g/mol. The molecule has 0 aliphatic heterocycles. The highest BCUT2D eigenvalue weighted by Crippen LogP contribution is 2.24. The molecule has 1 heterocycles. The molecule has 1 N–H and O–H groups in total. The molecule has 0 atom stereocenters. The van der Waals surface area contributed by atoms with Crippen molar-refractivity contribution in [3.05, 3.63) is 46.3 Å². The predicted molar refractivity (Wildman–Crippen MR) is 77.7 cm³/mol. The van der Waals surface area contributed by atoms with Crippen molar-refractivity contribution in [2.75, 3.05) is 17.6 Å². The van der Waals surface area contributed by atoms with E-state index >= 15 is 0 Å². The zero-order valence-electron chi connectivity index (χ0n) is 8.65. The number of halogens is 1. The second kappa shape index (κ2) is 6.33. The van der Waals surface area contributed by atoms with Crippen LogP contribution in [0, 0.1) is 0 Å². The molecule has 0 amide bonds. The van der Waals surface area contributed by atoms with Gasteiger partial charge in [0.15, 0.2) is 0 Å². The minimum absolute atomic E-state index is 0.977. The number of thioether (sulfide) groups is 1. The zero-order chi connectivity index (χ0) is 11.2. The van der Waals surface area contributed by atoms with Crippen LogP contribution in [0.3, 0.4) is 0 Å². The highest BCUT2D eigenvalue weighted by atomic mass is 79.9. The first kappa shape index (κ1) is 12.0. The topological polar surface area (TPSA) is 12.0 Å². The van der Waals surface area contributed by atoms with Crippen LogP contribution in [-0.4, -0.2) is 12.3 Å². The summed E-state index contributed by atoms with van der Waals surface area (Å²) >= 11 is 7.21. The first-order valence-electron chi connectivity index (χ1n) is 5.01. The van der Waals surface area contributed by atoms with Gasteiger partial charge in [-0.1, -0.05) is 18.2 Å². The van der Waals surface area contributed by atoms with Crippen molar-refractivity contribution in [3.8, 4) is 0 Å². The molecule has 4 heteroatoms. The molecule has 0 spiro atoms. The van der Waals surface area contributed by atoms with E-state index in [9.17, 15) is 0 Å². The van der Waals surface area contributed by atoms with Crippen LogP contribution in [-0.2, 0) is 0 Å². The van der Waals surface area contributed by atoms with Gasteiger partial charge < -0.3 is 5.32 Å². The van der Waals surface area contributed by atoms with Crippen LogP contribution in [0.5, 0.6) is 0 Å². The largest absolute Gasteiger partial charge is 0.383 e. The lowest BCUT2D eigenvalue weighted by atomic mass is 10.3. The van der Waals surface area contributed by atoms with Gasteiger partial charge in [-0.3, -0.25) is 0 Å².